The van der Waals surface area contributed by atoms with Crippen LogP contribution >= 0.6 is 7.92 Å². The second-order valence-electron chi connectivity index (χ2n) is 4.34. The first kappa shape index (κ1) is 15.1. The molecule has 98 valence electrons. The van der Waals surface area contributed by atoms with Crippen LogP contribution in [0.25, 0.3) is 0 Å². The van der Waals surface area contributed by atoms with Crippen LogP contribution in [-0.2, 0) is 20.1 Å². The van der Waals surface area contributed by atoms with E-state index in [9.17, 15) is 0 Å². The third-order valence-corrected chi connectivity index (χ3v) is 5.49. The molecule has 2 heteroatoms. The van der Waals surface area contributed by atoms with E-state index in [1.54, 1.807) is 0 Å². The Labute approximate surface area is 135 Å². The zero-order valence-corrected chi connectivity index (χ0v) is 14.2. The van der Waals surface area contributed by atoms with Crippen molar-refractivity contribution >= 4 is 23.8 Å². The minimum absolute atomic E-state index is 0. The average Bonchev–Trinajstić information content (AvgIpc) is 2.51. The molecule has 0 saturated heterocycles. The van der Waals surface area contributed by atoms with Gasteiger partial charge in [0.25, 0.3) is 0 Å². The summed E-state index contributed by atoms with van der Waals surface area (Å²) in [4.78, 5) is 0. The van der Waals surface area contributed by atoms with E-state index in [2.05, 4.69) is 91.0 Å². The quantitative estimate of drug-likeness (QED) is 0.532. The molecule has 0 fully saturated rings. The molecule has 0 amide bonds. The van der Waals surface area contributed by atoms with Crippen molar-refractivity contribution in [1.29, 1.82) is 0 Å². The fourth-order valence-electron chi connectivity index (χ4n) is 2.18. The van der Waals surface area contributed by atoms with Gasteiger partial charge >= 0.3 is 20.1 Å². The summed E-state index contributed by atoms with van der Waals surface area (Å²) in [5, 5.41) is 4.19. The second kappa shape index (κ2) is 7.50. The average molecular weight is 455 g/mol. The van der Waals surface area contributed by atoms with Crippen molar-refractivity contribution in [3.8, 4) is 0 Å². The van der Waals surface area contributed by atoms with Crippen LogP contribution in [0.2, 0.25) is 0 Å². The molecule has 0 nitrogen and oxygen atoms in total. The van der Waals surface area contributed by atoms with Gasteiger partial charge < -0.3 is 0 Å². The normalized spacial score (nSPS) is 10.1. The Kier molecular flexibility index (Phi) is 5.68. The molecule has 20 heavy (non-hydrogen) atoms. The van der Waals surface area contributed by atoms with Crippen LogP contribution < -0.4 is 15.9 Å². The first-order chi connectivity index (χ1) is 9.45. The van der Waals surface area contributed by atoms with E-state index in [1.807, 2.05) is 0 Å². The van der Waals surface area contributed by atoms with Crippen molar-refractivity contribution in [3.63, 3.8) is 0 Å². The Hall–Kier alpha value is -1.26. The summed E-state index contributed by atoms with van der Waals surface area (Å²) in [5.74, 6) is 0. The molecule has 0 aliphatic carbocycles. The van der Waals surface area contributed by atoms with E-state index in [-0.39, 0.29) is 20.1 Å². The molecule has 0 N–H and O–H groups in total. The molecule has 0 aromatic heterocycles. The molecular formula is C18H15IrP+3. The molecule has 0 atom stereocenters. The topological polar surface area (TPSA) is 0 Å². The van der Waals surface area contributed by atoms with Crippen molar-refractivity contribution in [3.05, 3.63) is 91.0 Å². The smallest absolute Gasteiger partial charge is 0.0622 e. The summed E-state index contributed by atoms with van der Waals surface area (Å²) in [5.41, 5.74) is 0. The number of rotatable bonds is 3. The maximum Gasteiger partial charge on any atom is 3.00 e. The maximum absolute atomic E-state index is 2.23. The maximum atomic E-state index is 2.23. The molecule has 3 rings (SSSR count). The zero-order chi connectivity index (χ0) is 12.9. The minimum Gasteiger partial charge on any atom is -0.0622 e. The van der Waals surface area contributed by atoms with Gasteiger partial charge in [-0.1, -0.05) is 91.0 Å². The Morgan fingerprint density at radius 2 is 0.650 bits per heavy atom. The van der Waals surface area contributed by atoms with Gasteiger partial charge in [-0.2, -0.15) is 0 Å². The molecule has 0 aliphatic rings. The van der Waals surface area contributed by atoms with Crippen LogP contribution in [0.3, 0.4) is 0 Å². The van der Waals surface area contributed by atoms with Crippen molar-refractivity contribution < 1.29 is 20.1 Å². The molecule has 0 unspecified atom stereocenters. The van der Waals surface area contributed by atoms with Crippen molar-refractivity contribution in [2.24, 2.45) is 0 Å². The Balaban J connectivity index is 0.00000147. The van der Waals surface area contributed by atoms with Crippen molar-refractivity contribution in [2.45, 2.75) is 0 Å². The van der Waals surface area contributed by atoms with E-state index in [4.69, 9.17) is 0 Å². The molecule has 0 heterocycles. The fourth-order valence-corrected chi connectivity index (χ4v) is 4.48. The number of hydrogen-bond acceptors (Lipinski definition) is 0. The van der Waals surface area contributed by atoms with Crippen LogP contribution in [0.4, 0.5) is 0 Å². The number of hydrogen-bond donors (Lipinski definition) is 0. The molecule has 0 bridgehead atoms. The Morgan fingerprint density at radius 1 is 0.400 bits per heavy atom. The fraction of sp³-hybridized carbons (Fsp3) is 0. The largest absolute Gasteiger partial charge is 3.00 e. The Bertz CT molecular complexity index is 529. The van der Waals surface area contributed by atoms with E-state index < -0.39 is 7.92 Å². The minimum atomic E-state index is -0.446. The first-order valence-electron chi connectivity index (χ1n) is 6.40. The van der Waals surface area contributed by atoms with E-state index in [0.29, 0.717) is 0 Å². The predicted octanol–water partition coefficient (Wildman–Crippen LogP) is 3.44. The third kappa shape index (κ3) is 3.44. The molecule has 0 radical (unpaired) electrons. The molecule has 0 spiro atoms. The summed E-state index contributed by atoms with van der Waals surface area (Å²) >= 11 is 0. The van der Waals surface area contributed by atoms with Crippen LogP contribution in [-0.4, -0.2) is 0 Å². The van der Waals surface area contributed by atoms with Gasteiger partial charge in [-0.05, 0) is 23.8 Å². The summed E-state index contributed by atoms with van der Waals surface area (Å²) < 4.78 is 0. The zero-order valence-electron chi connectivity index (χ0n) is 10.9. The summed E-state index contributed by atoms with van der Waals surface area (Å²) in [6, 6.07) is 32.3. The molecule has 0 aliphatic heterocycles. The van der Waals surface area contributed by atoms with Gasteiger partial charge in [-0.25, -0.2) is 0 Å². The molecule has 3 aromatic rings. The van der Waals surface area contributed by atoms with Crippen LogP contribution in [0, 0.1) is 0 Å². The predicted molar refractivity (Wildman–Crippen MR) is 85.1 cm³/mol. The summed E-state index contributed by atoms with van der Waals surface area (Å²) in [7, 11) is -0.446. The van der Waals surface area contributed by atoms with Gasteiger partial charge in [-0.15, -0.1) is 0 Å². The molecular weight excluding hydrogens is 439 g/mol. The van der Waals surface area contributed by atoms with Gasteiger partial charge in [0.05, 0.1) is 0 Å². The van der Waals surface area contributed by atoms with Crippen LogP contribution in [0.5, 0.6) is 0 Å². The first-order valence-corrected chi connectivity index (χ1v) is 7.74. The van der Waals surface area contributed by atoms with Crippen molar-refractivity contribution in [2.75, 3.05) is 0 Å². The van der Waals surface area contributed by atoms with Gasteiger partial charge in [0.15, 0.2) is 0 Å². The van der Waals surface area contributed by atoms with E-state index >= 15 is 0 Å². The van der Waals surface area contributed by atoms with Gasteiger partial charge in [-0.3, -0.25) is 0 Å². The standard InChI is InChI=1S/C18H15P.Ir/c1-4-10-16(11-5-1)19(17-12-6-2-7-13-17)18-14-8-3-9-15-18;/h1-15H;/q;+3. The van der Waals surface area contributed by atoms with Crippen molar-refractivity contribution in [1.82, 2.24) is 0 Å². The van der Waals surface area contributed by atoms with Gasteiger partial charge in [0.1, 0.15) is 0 Å². The van der Waals surface area contributed by atoms with Crippen LogP contribution in [0.1, 0.15) is 0 Å². The van der Waals surface area contributed by atoms with Gasteiger partial charge in [0.2, 0.25) is 0 Å². The molecule has 3 aromatic carbocycles. The summed E-state index contributed by atoms with van der Waals surface area (Å²) in [6.45, 7) is 0. The third-order valence-electron chi connectivity index (χ3n) is 3.04. The number of benzene rings is 3. The Morgan fingerprint density at radius 3 is 0.900 bits per heavy atom. The second-order valence-corrected chi connectivity index (χ2v) is 6.56. The van der Waals surface area contributed by atoms with E-state index in [1.165, 1.54) is 15.9 Å². The monoisotopic (exact) mass is 455 g/mol. The molecule has 0 saturated carbocycles. The van der Waals surface area contributed by atoms with Gasteiger partial charge in [0, 0.05) is 0 Å². The summed E-state index contributed by atoms with van der Waals surface area (Å²) in [6.07, 6.45) is 0. The van der Waals surface area contributed by atoms with E-state index in [0.717, 1.165) is 0 Å². The van der Waals surface area contributed by atoms with Crippen LogP contribution in [0.15, 0.2) is 91.0 Å². The SMILES string of the molecule is [Ir+3].c1ccc(P(c2ccccc2)c2ccccc2)cc1.